The monoisotopic (exact) mass is 272 g/mol. The molecule has 20 heavy (non-hydrogen) atoms. The lowest BCUT2D eigenvalue weighted by Gasteiger charge is -2.10. The molecular formula is C16H16O4. The Hall–Kier alpha value is -2.49. The Bertz CT molecular complexity index is 578. The van der Waals surface area contributed by atoms with E-state index in [4.69, 9.17) is 14.2 Å². The van der Waals surface area contributed by atoms with E-state index in [1.807, 2.05) is 30.3 Å². The van der Waals surface area contributed by atoms with Crippen molar-refractivity contribution < 1.29 is 19.0 Å². The maximum Gasteiger partial charge on any atom is 0.342 e. The number of carbonyl (C=O) groups is 1. The summed E-state index contributed by atoms with van der Waals surface area (Å²) in [7, 11) is 3.06. The first-order valence-corrected chi connectivity index (χ1v) is 6.17. The van der Waals surface area contributed by atoms with Crippen molar-refractivity contribution in [2.75, 3.05) is 14.2 Å². The van der Waals surface area contributed by atoms with E-state index in [1.54, 1.807) is 25.3 Å². The zero-order valence-corrected chi connectivity index (χ0v) is 11.5. The summed E-state index contributed by atoms with van der Waals surface area (Å²) < 4.78 is 15.5. The largest absolute Gasteiger partial charge is 0.497 e. The third kappa shape index (κ3) is 3.29. The van der Waals surface area contributed by atoms with Gasteiger partial charge in [-0.05, 0) is 17.7 Å². The van der Waals surface area contributed by atoms with Crippen molar-refractivity contribution in [3.8, 4) is 11.5 Å². The molecule has 0 spiro atoms. The van der Waals surface area contributed by atoms with Crippen molar-refractivity contribution in [2.45, 2.75) is 6.61 Å². The predicted octanol–water partition coefficient (Wildman–Crippen LogP) is 3.06. The molecule has 0 bridgehead atoms. The zero-order valence-electron chi connectivity index (χ0n) is 11.5. The smallest absolute Gasteiger partial charge is 0.342 e. The molecule has 0 amide bonds. The van der Waals surface area contributed by atoms with Crippen molar-refractivity contribution in [1.82, 2.24) is 0 Å². The number of carbonyl (C=O) groups excluding carboxylic acids is 1. The SMILES string of the molecule is COc1ccc(C(=O)OCc2ccccc2)c(OC)c1. The van der Waals surface area contributed by atoms with Crippen LogP contribution in [0.15, 0.2) is 48.5 Å². The minimum Gasteiger partial charge on any atom is -0.497 e. The molecular weight excluding hydrogens is 256 g/mol. The lowest BCUT2D eigenvalue weighted by Crippen LogP contribution is -2.07. The summed E-state index contributed by atoms with van der Waals surface area (Å²) in [6, 6.07) is 14.5. The molecule has 4 nitrogen and oxygen atoms in total. The van der Waals surface area contributed by atoms with E-state index in [2.05, 4.69) is 0 Å². The zero-order chi connectivity index (χ0) is 14.4. The first-order valence-electron chi connectivity index (χ1n) is 6.17. The lowest BCUT2D eigenvalue weighted by molar-refractivity contribution is 0.0469. The lowest BCUT2D eigenvalue weighted by atomic mass is 10.2. The molecule has 0 unspecified atom stereocenters. The maximum atomic E-state index is 12.1. The normalized spacial score (nSPS) is 9.90. The van der Waals surface area contributed by atoms with Gasteiger partial charge in [-0.2, -0.15) is 0 Å². The first-order chi connectivity index (χ1) is 9.74. The number of ether oxygens (including phenoxy) is 3. The van der Waals surface area contributed by atoms with Crippen molar-refractivity contribution in [2.24, 2.45) is 0 Å². The summed E-state index contributed by atoms with van der Waals surface area (Å²) in [4.78, 5) is 12.1. The van der Waals surface area contributed by atoms with Crippen LogP contribution in [-0.4, -0.2) is 20.2 Å². The number of rotatable bonds is 5. The molecule has 0 atom stereocenters. The average Bonchev–Trinajstić information content (AvgIpc) is 2.52. The van der Waals surface area contributed by atoms with Gasteiger partial charge in [0.1, 0.15) is 23.7 Å². The molecule has 0 aromatic heterocycles. The van der Waals surface area contributed by atoms with E-state index in [1.165, 1.54) is 7.11 Å². The number of methoxy groups -OCH3 is 2. The van der Waals surface area contributed by atoms with Gasteiger partial charge in [0, 0.05) is 6.07 Å². The molecule has 4 heteroatoms. The van der Waals surface area contributed by atoms with Gasteiger partial charge in [-0.25, -0.2) is 4.79 Å². The minimum absolute atomic E-state index is 0.231. The topological polar surface area (TPSA) is 44.8 Å². The van der Waals surface area contributed by atoms with Gasteiger partial charge in [0.05, 0.1) is 14.2 Å². The van der Waals surface area contributed by atoms with Crippen molar-refractivity contribution >= 4 is 5.97 Å². The Balaban J connectivity index is 2.09. The minimum atomic E-state index is -0.423. The molecule has 0 aliphatic rings. The van der Waals surface area contributed by atoms with Crippen molar-refractivity contribution in [1.29, 1.82) is 0 Å². The fourth-order valence-electron chi connectivity index (χ4n) is 1.77. The van der Waals surface area contributed by atoms with Gasteiger partial charge in [-0.15, -0.1) is 0 Å². The maximum absolute atomic E-state index is 12.1. The number of hydrogen-bond acceptors (Lipinski definition) is 4. The fraction of sp³-hybridized carbons (Fsp3) is 0.188. The van der Waals surface area contributed by atoms with Crippen LogP contribution < -0.4 is 9.47 Å². The van der Waals surface area contributed by atoms with Crippen LogP contribution in [0, 0.1) is 0 Å². The Morgan fingerprint density at radius 2 is 1.75 bits per heavy atom. The second kappa shape index (κ2) is 6.61. The molecule has 0 fully saturated rings. The summed E-state index contributed by atoms with van der Waals surface area (Å²) in [5, 5.41) is 0. The highest BCUT2D eigenvalue weighted by atomic mass is 16.5. The average molecular weight is 272 g/mol. The van der Waals surface area contributed by atoms with Crippen molar-refractivity contribution in [3.63, 3.8) is 0 Å². The molecule has 2 rings (SSSR count). The molecule has 0 N–H and O–H groups in total. The molecule has 0 heterocycles. The standard InChI is InChI=1S/C16H16O4/c1-18-13-8-9-14(15(10-13)19-2)16(17)20-11-12-6-4-3-5-7-12/h3-10H,11H2,1-2H3. The number of esters is 1. The van der Waals surface area contributed by atoms with Gasteiger partial charge in [0.2, 0.25) is 0 Å². The van der Waals surface area contributed by atoms with Gasteiger partial charge < -0.3 is 14.2 Å². The molecule has 0 saturated heterocycles. The number of hydrogen-bond donors (Lipinski definition) is 0. The Morgan fingerprint density at radius 1 is 1.00 bits per heavy atom. The van der Waals surface area contributed by atoms with E-state index < -0.39 is 5.97 Å². The van der Waals surface area contributed by atoms with Gasteiger partial charge in [0.25, 0.3) is 0 Å². The summed E-state index contributed by atoms with van der Waals surface area (Å²) in [5.74, 6) is 0.636. The highest BCUT2D eigenvalue weighted by Crippen LogP contribution is 2.25. The summed E-state index contributed by atoms with van der Waals surface area (Å²) in [5.41, 5.74) is 1.32. The quantitative estimate of drug-likeness (QED) is 0.785. The summed E-state index contributed by atoms with van der Waals surface area (Å²) in [6.07, 6.45) is 0. The fourth-order valence-corrected chi connectivity index (χ4v) is 1.77. The van der Waals surface area contributed by atoms with Crippen LogP contribution in [0.3, 0.4) is 0 Å². The van der Waals surface area contributed by atoms with Crippen LogP contribution >= 0.6 is 0 Å². The van der Waals surface area contributed by atoms with Crippen LogP contribution in [0.2, 0.25) is 0 Å². The van der Waals surface area contributed by atoms with E-state index in [0.29, 0.717) is 17.1 Å². The van der Waals surface area contributed by atoms with Crippen LogP contribution in [0.25, 0.3) is 0 Å². The molecule has 0 radical (unpaired) electrons. The Morgan fingerprint density at radius 3 is 2.40 bits per heavy atom. The Kier molecular flexibility index (Phi) is 4.60. The molecule has 104 valence electrons. The summed E-state index contributed by atoms with van der Waals surface area (Å²) in [6.45, 7) is 0.231. The third-order valence-corrected chi connectivity index (χ3v) is 2.84. The van der Waals surface area contributed by atoms with Crippen LogP contribution in [0.1, 0.15) is 15.9 Å². The van der Waals surface area contributed by atoms with Gasteiger partial charge in [-0.3, -0.25) is 0 Å². The molecule has 0 aliphatic heterocycles. The predicted molar refractivity (Wildman–Crippen MR) is 75.1 cm³/mol. The third-order valence-electron chi connectivity index (χ3n) is 2.84. The molecule has 0 saturated carbocycles. The highest BCUT2D eigenvalue weighted by molar-refractivity contribution is 5.92. The van der Waals surface area contributed by atoms with Crippen LogP contribution in [-0.2, 0) is 11.3 Å². The molecule has 0 aliphatic carbocycles. The second-order valence-electron chi connectivity index (χ2n) is 4.13. The van der Waals surface area contributed by atoms with E-state index >= 15 is 0 Å². The molecule has 2 aromatic rings. The van der Waals surface area contributed by atoms with Crippen molar-refractivity contribution in [3.05, 3.63) is 59.7 Å². The van der Waals surface area contributed by atoms with Gasteiger partial charge in [-0.1, -0.05) is 30.3 Å². The molecule has 2 aromatic carbocycles. The van der Waals surface area contributed by atoms with Gasteiger partial charge >= 0.3 is 5.97 Å². The number of benzene rings is 2. The van der Waals surface area contributed by atoms with Crippen LogP contribution in [0.5, 0.6) is 11.5 Å². The first kappa shape index (κ1) is 13.9. The van der Waals surface area contributed by atoms with E-state index in [-0.39, 0.29) is 6.61 Å². The van der Waals surface area contributed by atoms with E-state index in [0.717, 1.165) is 5.56 Å². The summed E-state index contributed by atoms with van der Waals surface area (Å²) >= 11 is 0. The highest BCUT2D eigenvalue weighted by Gasteiger charge is 2.14. The Labute approximate surface area is 117 Å². The van der Waals surface area contributed by atoms with Gasteiger partial charge in [0.15, 0.2) is 0 Å². The van der Waals surface area contributed by atoms with Crippen LogP contribution in [0.4, 0.5) is 0 Å². The second-order valence-corrected chi connectivity index (χ2v) is 4.13. The van der Waals surface area contributed by atoms with E-state index in [9.17, 15) is 4.79 Å².